The Kier molecular flexibility index (Phi) is 8.06. The maximum atomic E-state index is 11.7. The van der Waals surface area contributed by atoms with Gasteiger partial charge in [0.15, 0.2) is 9.52 Å². The van der Waals surface area contributed by atoms with Crippen molar-refractivity contribution >= 4 is 36.6 Å². The van der Waals surface area contributed by atoms with Gasteiger partial charge in [0.05, 0.1) is 0 Å². The van der Waals surface area contributed by atoms with Crippen LogP contribution in [0.15, 0.2) is 24.3 Å². The van der Waals surface area contributed by atoms with E-state index in [-0.39, 0.29) is 26.2 Å². The number of carbonyl (C=O) groups excluding carboxylic acids is 1. The fraction of sp³-hybridized carbons (Fsp3) is 0.500. The molecule has 0 saturated carbocycles. The van der Waals surface area contributed by atoms with Crippen molar-refractivity contribution in [3.8, 4) is 5.75 Å². The summed E-state index contributed by atoms with van der Waals surface area (Å²) in [5.74, 6) is -0.0515. The molecule has 0 bridgehead atoms. The minimum Gasteiger partial charge on any atom is -0.426 e. The predicted octanol–water partition coefficient (Wildman–Crippen LogP) is 2.06. The van der Waals surface area contributed by atoms with E-state index in [0.717, 1.165) is 5.19 Å². The van der Waals surface area contributed by atoms with Crippen molar-refractivity contribution in [2.75, 3.05) is 13.2 Å². The molecule has 6 heteroatoms. The summed E-state index contributed by atoms with van der Waals surface area (Å²) in [5, 5.41) is 0.918. The van der Waals surface area contributed by atoms with Gasteiger partial charge in [0.2, 0.25) is 0 Å². The van der Waals surface area contributed by atoms with Gasteiger partial charge < -0.3 is 14.2 Å². The maximum absolute atomic E-state index is 11.7. The molecular weight excluding hydrogens is 340 g/mol. The Morgan fingerprint density at radius 3 is 2.40 bits per heavy atom. The van der Waals surface area contributed by atoms with Gasteiger partial charge in [0, 0.05) is 13.2 Å². The second-order valence-corrected chi connectivity index (χ2v) is 6.59. The van der Waals surface area contributed by atoms with Crippen molar-refractivity contribution in [3.63, 3.8) is 0 Å². The second-order valence-electron chi connectivity index (χ2n) is 3.92. The molecule has 2 radical (unpaired) electrons. The molecule has 1 aromatic carbocycles. The highest BCUT2D eigenvalue weighted by Crippen LogP contribution is 2.11. The summed E-state index contributed by atoms with van der Waals surface area (Å²) >= 11 is 3.20. The second kappa shape index (κ2) is 9.28. The number of alkyl halides is 1. The van der Waals surface area contributed by atoms with E-state index in [2.05, 4.69) is 15.9 Å². The Hall–Kier alpha value is -0.693. The average Bonchev–Trinajstić information content (AvgIpc) is 2.41. The van der Waals surface area contributed by atoms with E-state index in [4.69, 9.17) is 14.2 Å². The molecule has 20 heavy (non-hydrogen) atoms. The average molecular weight is 359 g/mol. The third kappa shape index (κ3) is 5.74. The van der Waals surface area contributed by atoms with Gasteiger partial charge in [-0.3, -0.25) is 4.79 Å². The van der Waals surface area contributed by atoms with E-state index in [1.807, 2.05) is 32.0 Å². The van der Waals surface area contributed by atoms with E-state index < -0.39 is 0 Å². The zero-order valence-electron chi connectivity index (χ0n) is 11.9. The van der Waals surface area contributed by atoms with Crippen molar-refractivity contribution in [2.24, 2.45) is 0 Å². The van der Waals surface area contributed by atoms with E-state index in [9.17, 15) is 4.79 Å². The highest BCUT2D eigenvalue weighted by Gasteiger charge is 2.17. The number of para-hydroxylation sites is 1. The normalized spacial score (nSPS) is 12.4. The summed E-state index contributed by atoms with van der Waals surface area (Å²) in [6.45, 7) is 6.75. The zero-order valence-corrected chi connectivity index (χ0v) is 14.5. The molecule has 0 spiro atoms. The third-order valence-corrected chi connectivity index (χ3v) is 4.00. The van der Waals surface area contributed by atoms with Gasteiger partial charge in [-0.05, 0) is 32.0 Å². The van der Waals surface area contributed by atoms with Gasteiger partial charge in [0.25, 0.3) is 0 Å². The van der Waals surface area contributed by atoms with Gasteiger partial charge in [0.1, 0.15) is 16.5 Å². The number of halogens is 1. The Bertz CT molecular complexity index is 419. The summed E-state index contributed by atoms with van der Waals surface area (Å²) in [4.78, 5) is 11.3. The van der Waals surface area contributed by atoms with Crippen molar-refractivity contribution in [2.45, 2.75) is 31.5 Å². The highest BCUT2D eigenvalue weighted by molar-refractivity contribution is 9.10. The molecule has 110 valence electrons. The highest BCUT2D eigenvalue weighted by atomic mass is 79.9. The number of esters is 1. The lowest BCUT2D eigenvalue weighted by Gasteiger charge is -2.17. The lowest BCUT2D eigenvalue weighted by molar-refractivity contribution is -0.133. The first kappa shape index (κ1) is 17.4. The molecule has 0 aliphatic rings. The van der Waals surface area contributed by atoms with Gasteiger partial charge in [-0.15, -0.1) is 0 Å². The van der Waals surface area contributed by atoms with E-state index in [0.29, 0.717) is 19.0 Å². The van der Waals surface area contributed by atoms with Crippen molar-refractivity contribution in [1.29, 1.82) is 0 Å². The first-order valence-corrected chi connectivity index (χ1v) is 8.52. The van der Waals surface area contributed by atoms with Crippen LogP contribution in [-0.2, 0) is 14.3 Å². The third-order valence-electron chi connectivity index (χ3n) is 2.33. The van der Waals surface area contributed by atoms with Crippen LogP contribution in [0.1, 0.15) is 20.8 Å². The number of ether oxygens (including phenoxy) is 3. The molecule has 0 heterocycles. The van der Waals surface area contributed by atoms with Crippen LogP contribution in [0.5, 0.6) is 5.75 Å². The van der Waals surface area contributed by atoms with Crippen LogP contribution in [0.25, 0.3) is 0 Å². The zero-order chi connectivity index (χ0) is 15.0. The maximum Gasteiger partial charge on any atom is 0.324 e. The van der Waals surface area contributed by atoms with Crippen LogP contribution in [-0.4, -0.2) is 39.4 Å². The van der Waals surface area contributed by atoms with Crippen LogP contribution in [0.3, 0.4) is 0 Å². The fourth-order valence-electron chi connectivity index (χ4n) is 1.43. The van der Waals surface area contributed by atoms with Gasteiger partial charge in [-0.1, -0.05) is 34.1 Å². The molecule has 1 unspecified atom stereocenters. The van der Waals surface area contributed by atoms with Gasteiger partial charge in [-0.25, -0.2) is 0 Å². The van der Waals surface area contributed by atoms with Crippen LogP contribution in [0.2, 0.25) is 0 Å². The number of hydrogen-bond donors (Lipinski definition) is 0. The van der Waals surface area contributed by atoms with E-state index >= 15 is 0 Å². The van der Waals surface area contributed by atoms with Crippen molar-refractivity contribution in [3.05, 3.63) is 24.3 Å². The fourth-order valence-corrected chi connectivity index (χ4v) is 2.74. The molecule has 0 saturated heterocycles. The lowest BCUT2D eigenvalue weighted by Crippen LogP contribution is -2.34. The van der Waals surface area contributed by atoms with E-state index in [1.165, 1.54) is 0 Å². The standard InChI is InChI=1S/C14H19BrO4Si/c1-4-17-14(18-5-2)20-12-9-7-6-8-11(12)19-13(16)10(3)15/h6-10,14H,4-5H2,1-3H3. The largest absolute Gasteiger partial charge is 0.426 e. The Labute approximate surface area is 130 Å². The molecule has 0 fully saturated rings. The summed E-state index contributed by atoms with van der Waals surface area (Å²) in [6, 6.07) is 7.45. The van der Waals surface area contributed by atoms with Crippen LogP contribution in [0.4, 0.5) is 0 Å². The summed E-state index contributed by atoms with van der Waals surface area (Å²) in [7, 11) is 0.264. The molecule has 0 N–H and O–H groups in total. The first-order chi connectivity index (χ1) is 9.58. The molecule has 0 aliphatic heterocycles. The van der Waals surface area contributed by atoms with Crippen LogP contribution < -0.4 is 9.92 Å². The molecule has 0 amide bonds. The summed E-state index contributed by atoms with van der Waals surface area (Å²) < 4.78 is 16.4. The molecule has 0 aliphatic carbocycles. The minimum absolute atomic E-state index is 0.264. The quantitative estimate of drug-likeness (QED) is 0.234. The summed E-state index contributed by atoms with van der Waals surface area (Å²) in [6.07, 6.45) is 0. The predicted molar refractivity (Wildman–Crippen MR) is 82.9 cm³/mol. The minimum atomic E-state index is -0.339. The molecule has 0 aromatic heterocycles. The van der Waals surface area contributed by atoms with Crippen LogP contribution >= 0.6 is 15.9 Å². The Morgan fingerprint density at radius 2 is 1.85 bits per heavy atom. The monoisotopic (exact) mass is 358 g/mol. The number of hydrogen-bond acceptors (Lipinski definition) is 4. The SMILES string of the molecule is CCOC(OCC)[Si]c1ccccc1OC(=O)C(C)Br. The van der Waals surface area contributed by atoms with Gasteiger partial charge in [-0.2, -0.15) is 0 Å². The van der Waals surface area contributed by atoms with E-state index in [1.54, 1.807) is 13.0 Å². The number of benzene rings is 1. The molecule has 1 aromatic rings. The molecule has 1 atom stereocenters. The van der Waals surface area contributed by atoms with Crippen molar-refractivity contribution < 1.29 is 19.0 Å². The lowest BCUT2D eigenvalue weighted by atomic mass is 10.3. The van der Waals surface area contributed by atoms with Crippen molar-refractivity contribution in [1.82, 2.24) is 0 Å². The smallest absolute Gasteiger partial charge is 0.324 e. The Morgan fingerprint density at radius 1 is 1.25 bits per heavy atom. The van der Waals surface area contributed by atoms with Gasteiger partial charge >= 0.3 is 5.97 Å². The topological polar surface area (TPSA) is 44.8 Å². The number of rotatable bonds is 8. The first-order valence-electron chi connectivity index (χ1n) is 6.53. The molecular formula is C14H19BrO4Si. The molecule has 1 rings (SSSR count). The Balaban J connectivity index is 2.80. The molecule has 4 nitrogen and oxygen atoms in total. The summed E-state index contributed by atoms with van der Waals surface area (Å²) in [5.41, 5.74) is 0. The van der Waals surface area contributed by atoms with Crippen LogP contribution in [0, 0.1) is 0 Å². The number of carbonyl (C=O) groups is 1.